The summed E-state index contributed by atoms with van der Waals surface area (Å²) in [5.74, 6) is 0.658. The minimum absolute atomic E-state index is 0.0446. The second kappa shape index (κ2) is 7.50. The SMILES string of the molecule is COc1ccc(NC(=O)C[NH+]2CCCCCC2)cc1Cl. The molecule has 1 aromatic carbocycles. The molecule has 2 N–H and O–H groups in total. The largest absolute Gasteiger partial charge is 0.495 e. The number of rotatable bonds is 4. The maximum absolute atomic E-state index is 12.1. The van der Waals surface area contributed by atoms with Gasteiger partial charge in [0.15, 0.2) is 6.54 Å². The molecule has 1 aliphatic heterocycles. The van der Waals surface area contributed by atoms with Crippen molar-refractivity contribution in [3.8, 4) is 5.75 Å². The lowest BCUT2D eigenvalue weighted by Gasteiger charge is -2.16. The summed E-state index contributed by atoms with van der Waals surface area (Å²) >= 11 is 6.04. The van der Waals surface area contributed by atoms with Crippen LogP contribution in [0.1, 0.15) is 25.7 Å². The van der Waals surface area contributed by atoms with Crippen LogP contribution in [-0.4, -0.2) is 32.7 Å². The van der Waals surface area contributed by atoms with E-state index in [1.807, 2.05) is 0 Å². The van der Waals surface area contributed by atoms with Crippen molar-refractivity contribution in [3.05, 3.63) is 23.2 Å². The fraction of sp³-hybridized carbons (Fsp3) is 0.533. The van der Waals surface area contributed by atoms with E-state index in [1.54, 1.807) is 25.3 Å². The monoisotopic (exact) mass is 297 g/mol. The Balaban J connectivity index is 1.88. The molecule has 1 saturated heterocycles. The van der Waals surface area contributed by atoms with Gasteiger partial charge in [-0.15, -0.1) is 0 Å². The van der Waals surface area contributed by atoms with E-state index in [1.165, 1.54) is 30.6 Å². The van der Waals surface area contributed by atoms with Gasteiger partial charge in [-0.1, -0.05) is 11.6 Å². The van der Waals surface area contributed by atoms with Gasteiger partial charge >= 0.3 is 0 Å². The topological polar surface area (TPSA) is 42.8 Å². The van der Waals surface area contributed by atoms with Crippen LogP contribution in [0, 0.1) is 0 Å². The lowest BCUT2D eigenvalue weighted by Crippen LogP contribution is -3.12. The molecule has 0 atom stereocenters. The van der Waals surface area contributed by atoms with Crippen LogP contribution in [0.2, 0.25) is 5.02 Å². The van der Waals surface area contributed by atoms with Crippen LogP contribution in [0.5, 0.6) is 5.75 Å². The molecule has 0 spiro atoms. The van der Waals surface area contributed by atoms with Crippen molar-refractivity contribution in [1.29, 1.82) is 0 Å². The smallest absolute Gasteiger partial charge is 0.279 e. The molecule has 5 heteroatoms. The molecule has 110 valence electrons. The fourth-order valence-electron chi connectivity index (χ4n) is 2.58. The molecule has 0 aliphatic carbocycles. The van der Waals surface area contributed by atoms with Gasteiger partial charge in [0, 0.05) is 5.69 Å². The molecule has 0 radical (unpaired) electrons. The van der Waals surface area contributed by atoms with Crippen molar-refractivity contribution in [1.82, 2.24) is 0 Å². The highest BCUT2D eigenvalue weighted by Gasteiger charge is 2.16. The minimum atomic E-state index is 0.0446. The van der Waals surface area contributed by atoms with Crippen LogP contribution in [0.15, 0.2) is 18.2 Å². The van der Waals surface area contributed by atoms with E-state index in [4.69, 9.17) is 16.3 Å². The standard InChI is InChI=1S/C15H21ClN2O2/c1-20-14-7-6-12(10-13(14)16)17-15(19)11-18-8-4-2-3-5-9-18/h6-7,10H,2-5,8-9,11H2,1H3,(H,17,19)/p+1. The van der Waals surface area contributed by atoms with Gasteiger partial charge in [0.1, 0.15) is 5.75 Å². The number of benzene rings is 1. The summed E-state index contributed by atoms with van der Waals surface area (Å²) in [5.41, 5.74) is 0.718. The highest BCUT2D eigenvalue weighted by Crippen LogP contribution is 2.26. The van der Waals surface area contributed by atoms with E-state index in [2.05, 4.69) is 5.32 Å². The summed E-state index contributed by atoms with van der Waals surface area (Å²) < 4.78 is 5.09. The van der Waals surface area contributed by atoms with Crippen LogP contribution in [0.4, 0.5) is 5.69 Å². The fourth-order valence-corrected chi connectivity index (χ4v) is 2.84. The zero-order valence-electron chi connectivity index (χ0n) is 11.9. The lowest BCUT2D eigenvalue weighted by atomic mass is 10.2. The Morgan fingerprint density at radius 3 is 2.60 bits per heavy atom. The molecule has 20 heavy (non-hydrogen) atoms. The van der Waals surface area contributed by atoms with Crippen molar-refractivity contribution in [3.63, 3.8) is 0 Å². The maximum atomic E-state index is 12.1. The summed E-state index contributed by atoms with van der Waals surface area (Å²) in [7, 11) is 1.57. The average molecular weight is 298 g/mol. The number of anilines is 1. The van der Waals surface area contributed by atoms with Gasteiger partial charge in [0.2, 0.25) is 0 Å². The van der Waals surface area contributed by atoms with E-state index >= 15 is 0 Å². The number of ether oxygens (including phenoxy) is 1. The highest BCUT2D eigenvalue weighted by molar-refractivity contribution is 6.32. The van der Waals surface area contributed by atoms with E-state index in [0.717, 1.165) is 18.8 Å². The first-order chi connectivity index (χ1) is 9.69. The number of likely N-dealkylation sites (tertiary alicyclic amines) is 1. The van der Waals surface area contributed by atoms with Gasteiger partial charge in [-0.25, -0.2) is 0 Å². The minimum Gasteiger partial charge on any atom is -0.495 e. The van der Waals surface area contributed by atoms with Crippen LogP contribution < -0.4 is 15.0 Å². The molecule has 0 bridgehead atoms. The number of carbonyl (C=O) groups excluding carboxylic acids is 1. The summed E-state index contributed by atoms with van der Waals surface area (Å²) in [4.78, 5) is 13.4. The number of nitrogens with one attached hydrogen (secondary N) is 2. The van der Waals surface area contributed by atoms with Gasteiger partial charge in [0.05, 0.1) is 25.2 Å². The van der Waals surface area contributed by atoms with E-state index in [-0.39, 0.29) is 5.91 Å². The third-order valence-corrected chi connectivity index (χ3v) is 3.95. The molecule has 0 aromatic heterocycles. The second-order valence-corrected chi connectivity index (χ2v) is 5.65. The zero-order valence-corrected chi connectivity index (χ0v) is 12.6. The van der Waals surface area contributed by atoms with Crippen LogP contribution in [0.3, 0.4) is 0 Å². The molecule has 1 heterocycles. The normalized spacial score (nSPS) is 16.5. The Kier molecular flexibility index (Phi) is 5.68. The molecule has 0 saturated carbocycles. The van der Waals surface area contributed by atoms with E-state index in [0.29, 0.717) is 17.3 Å². The molecule has 1 aromatic rings. The predicted octanol–water partition coefficient (Wildman–Crippen LogP) is 1.75. The second-order valence-electron chi connectivity index (χ2n) is 5.24. The van der Waals surface area contributed by atoms with Crippen molar-refractivity contribution < 1.29 is 14.4 Å². The summed E-state index contributed by atoms with van der Waals surface area (Å²) in [5, 5.41) is 3.41. The van der Waals surface area contributed by atoms with Crippen molar-refractivity contribution in [2.45, 2.75) is 25.7 Å². The predicted molar refractivity (Wildman–Crippen MR) is 80.7 cm³/mol. The number of quaternary nitrogens is 1. The Labute approximate surface area is 125 Å². The van der Waals surface area contributed by atoms with E-state index < -0.39 is 0 Å². The summed E-state index contributed by atoms with van der Waals surface area (Å²) in [6.45, 7) is 2.72. The van der Waals surface area contributed by atoms with Crippen LogP contribution in [0.25, 0.3) is 0 Å². The molecule has 1 fully saturated rings. The first-order valence-corrected chi connectivity index (χ1v) is 7.54. The van der Waals surface area contributed by atoms with Gasteiger partial charge < -0.3 is 15.0 Å². The Morgan fingerprint density at radius 1 is 1.30 bits per heavy atom. The quantitative estimate of drug-likeness (QED) is 0.889. The van der Waals surface area contributed by atoms with Gasteiger partial charge in [0.25, 0.3) is 5.91 Å². The van der Waals surface area contributed by atoms with Gasteiger partial charge in [-0.05, 0) is 43.9 Å². The third-order valence-electron chi connectivity index (χ3n) is 3.66. The first kappa shape index (κ1) is 15.1. The molecule has 4 nitrogen and oxygen atoms in total. The lowest BCUT2D eigenvalue weighted by molar-refractivity contribution is -0.890. The first-order valence-electron chi connectivity index (χ1n) is 7.16. The zero-order chi connectivity index (χ0) is 14.4. The Morgan fingerprint density at radius 2 is 2.00 bits per heavy atom. The van der Waals surface area contributed by atoms with Gasteiger partial charge in [-0.3, -0.25) is 4.79 Å². The van der Waals surface area contributed by atoms with Crippen LogP contribution in [-0.2, 0) is 4.79 Å². The summed E-state index contributed by atoms with van der Waals surface area (Å²) in [6.07, 6.45) is 5.02. The van der Waals surface area contributed by atoms with Crippen molar-refractivity contribution in [2.75, 3.05) is 32.1 Å². The molecular weight excluding hydrogens is 276 g/mol. The maximum Gasteiger partial charge on any atom is 0.279 e. The summed E-state index contributed by atoms with van der Waals surface area (Å²) in [6, 6.07) is 5.28. The molecule has 2 rings (SSSR count). The molecule has 1 aliphatic rings. The van der Waals surface area contributed by atoms with Crippen LogP contribution >= 0.6 is 11.6 Å². The number of hydrogen-bond donors (Lipinski definition) is 2. The number of hydrogen-bond acceptors (Lipinski definition) is 2. The van der Waals surface area contributed by atoms with Crippen molar-refractivity contribution >= 4 is 23.2 Å². The Bertz CT molecular complexity index is 457. The number of carbonyl (C=O) groups is 1. The number of amides is 1. The number of methoxy groups -OCH3 is 1. The van der Waals surface area contributed by atoms with Crippen molar-refractivity contribution in [2.24, 2.45) is 0 Å². The number of halogens is 1. The average Bonchev–Trinajstić information content (AvgIpc) is 2.67. The highest BCUT2D eigenvalue weighted by atomic mass is 35.5. The molecular formula is C15H22ClN2O2+. The van der Waals surface area contributed by atoms with E-state index in [9.17, 15) is 4.79 Å². The Hall–Kier alpha value is -1.26. The molecule has 0 unspecified atom stereocenters. The molecule has 1 amide bonds. The van der Waals surface area contributed by atoms with Gasteiger partial charge in [-0.2, -0.15) is 0 Å². The third kappa shape index (κ3) is 4.39.